The van der Waals surface area contributed by atoms with E-state index in [1.807, 2.05) is 18.2 Å². The molecule has 0 aromatic heterocycles. The molecule has 2 nitrogen and oxygen atoms in total. The maximum atomic E-state index is 11.9. The van der Waals surface area contributed by atoms with Crippen molar-refractivity contribution in [1.82, 2.24) is 5.32 Å². The van der Waals surface area contributed by atoms with Crippen LogP contribution in [0.1, 0.15) is 30.1 Å². The Morgan fingerprint density at radius 3 is 2.93 bits per heavy atom. The van der Waals surface area contributed by atoms with E-state index >= 15 is 0 Å². The molecule has 14 heavy (non-hydrogen) atoms. The summed E-state index contributed by atoms with van der Waals surface area (Å²) in [5.74, 6) is 0.176. The molecule has 0 saturated carbocycles. The van der Waals surface area contributed by atoms with Crippen molar-refractivity contribution in [2.75, 3.05) is 0 Å². The van der Waals surface area contributed by atoms with Gasteiger partial charge < -0.3 is 5.32 Å². The normalized spacial score (nSPS) is 26.4. The largest absolute Gasteiger partial charge is 0.305 e. The first kappa shape index (κ1) is 9.41. The fourth-order valence-corrected chi connectivity index (χ4v) is 1.87. The molecule has 1 N–H and O–H groups in total. The molecule has 73 valence electrons. The molecule has 1 aliphatic rings. The van der Waals surface area contributed by atoms with E-state index in [0.29, 0.717) is 11.6 Å². The third-order valence-corrected chi connectivity index (χ3v) is 2.67. The predicted molar refractivity (Wildman–Crippen MR) is 55.2 cm³/mol. The lowest BCUT2D eigenvalue weighted by atomic mass is 10.0. The molecule has 1 saturated heterocycles. The van der Waals surface area contributed by atoms with E-state index in [2.05, 4.69) is 18.3 Å². The predicted octanol–water partition coefficient (Wildman–Crippen LogP) is 1.81. The van der Waals surface area contributed by atoms with E-state index in [1.165, 1.54) is 0 Å². The highest BCUT2D eigenvalue weighted by Crippen LogP contribution is 2.15. The average Bonchev–Trinajstić information content (AvgIpc) is 2.65. The summed E-state index contributed by atoms with van der Waals surface area (Å²) in [6.45, 7) is 2.11. The fourth-order valence-electron chi connectivity index (χ4n) is 1.87. The molecular weight excluding hydrogens is 174 g/mol. The highest BCUT2D eigenvalue weighted by molar-refractivity contribution is 6.00. The van der Waals surface area contributed by atoms with Gasteiger partial charge in [-0.3, -0.25) is 4.79 Å². The summed E-state index contributed by atoms with van der Waals surface area (Å²) < 4.78 is 0. The van der Waals surface area contributed by atoms with Crippen molar-refractivity contribution in [1.29, 1.82) is 0 Å². The molecule has 2 rings (SSSR count). The monoisotopic (exact) mass is 188 g/mol. The molecule has 1 heterocycles. The van der Waals surface area contributed by atoms with E-state index < -0.39 is 0 Å². The number of Topliss-reactive ketones (excluding diaryl/α,β-unsaturated/α-hetero) is 1. The van der Waals surface area contributed by atoms with Gasteiger partial charge in [-0.1, -0.05) is 24.3 Å². The summed E-state index contributed by atoms with van der Waals surface area (Å²) in [7, 11) is 0. The summed E-state index contributed by atoms with van der Waals surface area (Å²) in [5, 5.41) is 3.28. The van der Waals surface area contributed by atoms with E-state index in [-0.39, 0.29) is 11.8 Å². The van der Waals surface area contributed by atoms with Crippen LogP contribution in [0, 0.1) is 6.07 Å². The van der Waals surface area contributed by atoms with Crippen LogP contribution < -0.4 is 5.32 Å². The van der Waals surface area contributed by atoms with E-state index in [4.69, 9.17) is 0 Å². The van der Waals surface area contributed by atoms with Crippen molar-refractivity contribution in [3.8, 4) is 0 Å². The van der Waals surface area contributed by atoms with Crippen LogP contribution in [0.2, 0.25) is 0 Å². The van der Waals surface area contributed by atoms with E-state index in [0.717, 1.165) is 12.8 Å². The maximum Gasteiger partial charge on any atom is 0.180 e. The summed E-state index contributed by atoms with van der Waals surface area (Å²) in [4.78, 5) is 11.9. The van der Waals surface area contributed by atoms with Crippen LogP contribution >= 0.6 is 0 Å². The smallest absolute Gasteiger partial charge is 0.180 e. The highest BCUT2D eigenvalue weighted by Gasteiger charge is 2.26. The Kier molecular flexibility index (Phi) is 2.64. The highest BCUT2D eigenvalue weighted by atomic mass is 16.1. The van der Waals surface area contributed by atoms with Gasteiger partial charge in [0.1, 0.15) is 0 Å². The summed E-state index contributed by atoms with van der Waals surface area (Å²) >= 11 is 0. The minimum Gasteiger partial charge on any atom is -0.305 e. The lowest BCUT2D eigenvalue weighted by Gasteiger charge is -2.09. The first-order valence-electron chi connectivity index (χ1n) is 5.04. The van der Waals surface area contributed by atoms with E-state index in [9.17, 15) is 4.79 Å². The van der Waals surface area contributed by atoms with Gasteiger partial charge in [-0.2, -0.15) is 0 Å². The summed E-state index contributed by atoms with van der Waals surface area (Å²) in [6, 6.07) is 10.8. The van der Waals surface area contributed by atoms with Gasteiger partial charge in [-0.15, -0.1) is 0 Å². The Morgan fingerprint density at radius 2 is 2.36 bits per heavy atom. The van der Waals surface area contributed by atoms with Crippen LogP contribution in [0.25, 0.3) is 0 Å². The van der Waals surface area contributed by atoms with Crippen LogP contribution in [-0.2, 0) is 0 Å². The Labute approximate surface area is 84.3 Å². The Hall–Kier alpha value is -1.15. The first-order valence-corrected chi connectivity index (χ1v) is 5.04. The third kappa shape index (κ3) is 1.85. The molecule has 1 radical (unpaired) electrons. The number of carbonyl (C=O) groups is 1. The van der Waals surface area contributed by atoms with Crippen LogP contribution in [0.15, 0.2) is 24.3 Å². The fraction of sp³-hybridized carbons (Fsp3) is 0.417. The summed E-state index contributed by atoms with van der Waals surface area (Å²) in [5.41, 5.74) is 0.694. The molecule has 0 spiro atoms. The topological polar surface area (TPSA) is 29.1 Å². The van der Waals surface area contributed by atoms with Crippen molar-refractivity contribution in [3.05, 3.63) is 35.9 Å². The lowest BCUT2D eigenvalue weighted by molar-refractivity contribution is 0.0950. The number of hydrogen-bond donors (Lipinski definition) is 1. The number of nitrogens with one attached hydrogen (secondary N) is 1. The zero-order chi connectivity index (χ0) is 9.97. The SMILES string of the molecule is CC1CCC(C(=O)c2[c]cccc2)N1. The average molecular weight is 188 g/mol. The molecule has 0 aliphatic carbocycles. The van der Waals surface area contributed by atoms with Gasteiger partial charge in [-0.25, -0.2) is 0 Å². The first-order chi connectivity index (χ1) is 6.77. The molecule has 1 aliphatic heterocycles. The molecule has 0 amide bonds. The minimum absolute atomic E-state index is 0.00338. The molecule has 2 unspecified atom stereocenters. The molecule has 2 atom stereocenters. The van der Waals surface area contributed by atoms with Crippen LogP contribution in [-0.4, -0.2) is 17.9 Å². The van der Waals surface area contributed by atoms with Crippen molar-refractivity contribution in [2.24, 2.45) is 0 Å². The molecule has 1 aromatic carbocycles. The Balaban J connectivity index is 2.10. The second-order valence-electron chi connectivity index (χ2n) is 3.84. The quantitative estimate of drug-likeness (QED) is 0.717. The third-order valence-electron chi connectivity index (χ3n) is 2.67. The molecule has 0 bridgehead atoms. The number of hydrogen-bond acceptors (Lipinski definition) is 2. The van der Waals surface area contributed by atoms with Gasteiger partial charge in [-0.05, 0) is 25.8 Å². The van der Waals surface area contributed by atoms with Crippen molar-refractivity contribution >= 4 is 5.78 Å². The maximum absolute atomic E-state index is 11.9. The van der Waals surface area contributed by atoms with Crippen molar-refractivity contribution < 1.29 is 4.79 Å². The second-order valence-corrected chi connectivity index (χ2v) is 3.84. The zero-order valence-corrected chi connectivity index (χ0v) is 8.29. The number of rotatable bonds is 2. The van der Waals surface area contributed by atoms with Crippen LogP contribution in [0.3, 0.4) is 0 Å². The lowest BCUT2D eigenvalue weighted by Crippen LogP contribution is -2.34. The number of ketones is 1. The molecule has 1 aromatic rings. The van der Waals surface area contributed by atoms with Gasteiger partial charge in [0.05, 0.1) is 6.04 Å². The summed E-state index contributed by atoms with van der Waals surface area (Å²) in [6.07, 6.45) is 2.03. The zero-order valence-electron chi connectivity index (χ0n) is 8.29. The number of carbonyl (C=O) groups excluding carboxylic acids is 1. The van der Waals surface area contributed by atoms with Crippen LogP contribution in [0.5, 0.6) is 0 Å². The van der Waals surface area contributed by atoms with Crippen molar-refractivity contribution in [3.63, 3.8) is 0 Å². The molecular formula is C12H14NO. The molecule has 2 heteroatoms. The van der Waals surface area contributed by atoms with Gasteiger partial charge >= 0.3 is 0 Å². The van der Waals surface area contributed by atoms with Gasteiger partial charge in [0.25, 0.3) is 0 Å². The van der Waals surface area contributed by atoms with Crippen LogP contribution in [0.4, 0.5) is 0 Å². The number of benzene rings is 1. The Bertz CT molecular complexity index is 320. The van der Waals surface area contributed by atoms with Gasteiger partial charge in [0.2, 0.25) is 0 Å². The second kappa shape index (κ2) is 3.93. The van der Waals surface area contributed by atoms with E-state index in [1.54, 1.807) is 6.07 Å². The standard InChI is InChI=1S/C12H14NO/c1-9-7-8-11(13-9)12(14)10-5-3-2-4-6-10/h2-5,9,11,13H,7-8H2,1H3. The minimum atomic E-state index is 0.00338. The van der Waals surface area contributed by atoms with Gasteiger partial charge in [0, 0.05) is 11.6 Å². The molecule has 1 fully saturated rings. The Morgan fingerprint density at radius 1 is 1.50 bits per heavy atom. The van der Waals surface area contributed by atoms with Gasteiger partial charge in [0.15, 0.2) is 5.78 Å². The van der Waals surface area contributed by atoms with Crippen molar-refractivity contribution in [2.45, 2.75) is 31.8 Å².